The third-order valence-corrected chi connectivity index (χ3v) is 5.46. The van der Waals surface area contributed by atoms with Crippen molar-refractivity contribution < 1.29 is 0 Å². The molecule has 5 rings (SSSR count). The zero-order chi connectivity index (χ0) is 16.6. The second-order valence-corrected chi connectivity index (χ2v) is 7.04. The number of nitrogens with one attached hydrogen (secondary N) is 1. The average Bonchev–Trinajstić information content (AvgIpc) is 3.31. The summed E-state index contributed by atoms with van der Waals surface area (Å²) in [6.45, 7) is 3.31. The van der Waals surface area contributed by atoms with Crippen LogP contribution in [0.15, 0.2) is 61.1 Å². The fraction of sp³-hybridized carbons (Fsp3) is 0.286. The molecule has 1 N–H and O–H groups in total. The summed E-state index contributed by atoms with van der Waals surface area (Å²) >= 11 is 0. The van der Waals surface area contributed by atoms with Crippen LogP contribution in [0.25, 0.3) is 16.6 Å². The number of fused-ring (bicyclic) bond motifs is 2. The molecule has 4 aromatic rings. The van der Waals surface area contributed by atoms with Gasteiger partial charge in [0.05, 0.1) is 0 Å². The number of hydrogen-bond donors (Lipinski definition) is 1. The molecular formula is C21H22N4. The van der Waals surface area contributed by atoms with Crippen LogP contribution in [0.2, 0.25) is 0 Å². The van der Waals surface area contributed by atoms with Crippen molar-refractivity contribution in [3.63, 3.8) is 0 Å². The number of piperidine rings is 1. The van der Waals surface area contributed by atoms with Crippen LogP contribution in [0.5, 0.6) is 0 Å². The summed E-state index contributed by atoms with van der Waals surface area (Å²) in [4.78, 5) is 10.4. The highest BCUT2D eigenvalue weighted by atomic mass is 15.1. The van der Waals surface area contributed by atoms with Gasteiger partial charge in [-0.25, -0.2) is 4.98 Å². The summed E-state index contributed by atoms with van der Waals surface area (Å²) in [7, 11) is 0. The minimum atomic E-state index is 0.567. The molecule has 4 nitrogen and oxygen atoms in total. The van der Waals surface area contributed by atoms with E-state index in [1.807, 2.05) is 12.4 Å². The maximum atomic E-state index is 4.44. The molecule has 0 unspecified atom stereocenters. The first-order valence-corrected chi connectivity index (χ1v) is 9.08. The molecule has 4 heteroatoms. The van der Waals surface area contributed by atoms with Gasteiger partial charge in [-0.1, -0.05) is 18.2 Å². The zero-order valence-electron chi connectivity index (χ0n) is 14.2. The summed E-state index contributed by atoms with van der Waals surface area (Å²) in [6, 6.07) is 15.2. The van der Waals surface area contributed by atoms with Crippen LogP contribution in [0.4, 0.5) is 0 Å². The standard InChI is InChI=1S/C21H22N4/c1-4-16(18-9-10-22-19(18)6-1)14-24-12-3-5-17(15-24)20-7-2-8-21-23-11-13-25(20)21/h1-2,4,6-11,13,17,22H,3,5,12,14-15H2/t17-/m0/s1. The van der Waals surface area contributed by atoms with E-state index in [0.29, 0.717) is 5.92 Å². The van der Waals surface area contributed by atoms with Crippen LogP contribution < -0.4 is 0 Å². The van der Waals surface area contributed by atoms with Gasteiger partial charge in [-0.3, -0.25) is 4.90 Å². The molecule has 1 aromatic carbocycles. The molecule has 25 heavy (non-hydrogen) atoms. The number of rotatable bonds is 3. The van der Waals surface area contributed by atoms with Gasteiger partial charge in [0.1, 0.15) is 5.65 Å². The summed E-state index contributed by atoms with van der Waals surface area (Å²) in [6.07, 6.45) is 8.52. The Morgan fingerprint density at radius 1 is 1.12 bits per heavy atom. The van der Waals surface area contributed by atoms with Crippen LogP contribution in [0.1, 0.15) is 30.0 Å². The van der Waals surface area contributed by atoms with Crippen molar-refractivity contribution in [1.82, 2.24) is 19.3 Å². The summed E-state index contributed by atoms with van der Waals surface area (Å²) in [5.74, 6) is 0.567. The molecule has 0 saturated carbocycles. The largest absolute Gasteiger partial charge is 0.361 e. The number of benzene rings is 1. The van der Waals surface area contributed by atoms with Gasteiger partial charge in [0.15, 0.2) is 0 Å². The molecular weight excluding hydrogens is 308 g/mol. The van der Waals surface area contributed by atoms with Crippen molar-refractivity contribution in [2.45, 2.75) is 25.3 Å². The van der Waals surface area contributed by atoms with E-state index in [4.69, 9.17) is 0 Å². The van der Waals surface area contributed by atoms with Gasteiger partial charge >= 0.3 is 0 Å². The Morgan fingerprint density at radius 3 is 3.08 bits per heavy atom. The molecule has 0 aliphatic carbocycles. The maximum Gasteiger partial charge on any atom is 0.136 e. The molecule has 3 aromatic heterocycles. The predicted molar refractivity (Wildman–Crippen MR) is 101 cm³/mol. The minimum absolute atomic E-state index is 0.567. The maximum absolute atomic E-state index is 4.44. The monoisotopic (exact) mass is 330 g/mol. The van der Waals surface area contributed by atoms with Crippen molar-refractivity contribution in [3.05, 3.63) is 72.3 Å². The van der Waals surface area contributed by atoms with Gasteiger partial charge in [0, 0.05) is 54.2 Å². The van der Waals surface area contributed by atoms with E-state index in [9.17, 15) is 0 Å². The SMILES string of the molecule is c1cc(CN2CCC[C@H](c3cccc4nccn34)C2)c2cc[nH]c2c1. The van der Waals surface area contributed by atoms with E-state index in [1.54, 1.807) is 0 Å². The number of imidazole rings is 1. The molecule has 0 spiro atoms. The van der Waals surface area contributed by atoms with Crippen LogP contribution >= 0.6 is 0 Å². The quantitative estimate of drug-likeness (QED) is 0.611. The highest BCUT2D eigenvalue weighted by Crippen LogP contribution is 2.29. The molecule has 0 radical (unpaired) electrons. The van der Waals surface area contributed by atoms with Gasteiger partial charge in [-0.15, -0.1) is 0 Å². The highest BCUT2D eigenvalue weighted by Gasteiger charge is 2.23. The zero-order valence-corrected chi connectivity index (χ0v) is 14.2. The molecule has 126 valence electrons. The van der Waals surface area contributed by atoms with Gasteiger partial charge < -0.3 is 9.38 Å². The minimum Gasteiger partial charge on any atom is -0.361 e. The number of nitrogens with zero attached hydrogens (tertiary/aromatic N) is 3. The fourth-order valence-corrected chi connectivity index (χ4v) is 4.27. The van der Waals surface area contributed by atoms with E-state index in [2.05, 4.69) is 67.9 Å². The first kappa shape index (κ1) is 14.7. The Balaban J connectivity index is 1.41. The van der Waals surface area contributed by atoms with Gasteiger partial charge in [0.25, 0.3) is 0 Å². The molecule has 1 atom stereocenters. The van der Waals surface area contributed by atoms with Crippen molar-refractivity contribution in [1.29, 1.82) is 0 Å². The Morgan fingerprint density at radius 2 is 2.08 bits per heavy atom. The van der Waals surface area contributed by atoms with Crippen molar-refractivity contribution in [2.24, 2.45) is 0 Å². The van der Waals surface area contributed by atoms with Gasteiger partial charge in [-0.05, 0) is 49.2 Å². The number of pyridine rings is 1. The lowest BCUT2D eigenvalue weighted by atomic mass is 9.93. The van der Waals surface area contributed by atoms with Crippen LogP contribution in [0, 0.1) is 0 Å². The number of hydrogen-bond acceptors (Lipinski definition) is 2. The lowest BCUT2D eigenvalue weighted by Gasteiger charge is -2.33. The third kappa shape index (κ3) is 2.63. The number of aromatic amines is 1. The average molecular weight is 330 g/mol. The van der Waals surface area contributed by atoms with Gasteiger partial charge in [0.2, 0.25) is 0 Å². The molecule has 1 saturated heterocycles. The summed E-state index contributed by atoms with van der Waals surface area (Å²) in [5.41, 5.74) is 5.08. The number of H-pyrrole nitrogens is 1. The van der Waals surface area contributed by atoms with Crippen molar-refractivity contribution >= 4 is 16.6 Å². The molecule has 4 heterocycles. The summed E-state index contributed by atoms with van der Waals surface area (Å²) in [5, 5.41) is 1.35. The smallest absolute Gasteiger partial charge is 0.136 e. The Bertz CT molecular complexity index is 1010. The van der Waals surface area contributed by atoms with E-state index in [-0.39, 0.29) is 0 Å². The second-order valence-electron chi connectivity index (χ2n) is 7.04. The van der Waals surface area contributed by atoms with E-state index in [1.165, 1.54) is 41.5 Å². The molecule has 0 bridgehead atoms. The molecule has 0 amide bonds. The molecule has 1 aliphatic heterocycles. The fourth-order valence-electron chi connectivity index (χ4n) is 4.27. The van der Waals surface area contributed by atoms with Crippen molar-refractivity contribution in [2.75, 3.05) is 13.1 Å². The van der Waals surface area contributed by atoms with Gasteiger partial charge in [-0.2, -0.15) is 0 Å². The lowest BCUT2D eigenvalue weighted by molar-refractivity contribution is 0.198. The Hall–Kier alpha value is -2.59. The van der Waals surface area contributed by atoms with Crippen LogP contribution in [-0.4, -0.2) is 32.4 Å². The Labute approximate surface area is 147 Å². The predicted octanol–water partition coefficient (Wildman–Crippen LogP) is 4.20. The molecule has 1 fully saturated rings. The number of likely N-dealkylation sites (tertiary alicyclic amines) is 1. The normalized spacial score (nSPS) is 19.0. The second kappa shape index (κ2) is 6.05. The van der Waals surface area contributed by atoms with Crippen LogP contribution in [-0.2, 0) is 6.54 Å². The van der Waals surface area contributed by atoms with Crippen molar-refractivity contribution in [3.8, 4) is 0 Å². The third-order valence-electron chi connectivity index (χ3n) is 5.46. The topological polar surface area (TPSA) is 36.3 Å². The van der Waals surface area contributed by atoms with E-state index < -0.39 is 0 Å². The van der Waals surface area contributed by atoms with E-state index >= 15 is 0 Å². The first-order chi connectivity index (χ1) is 12.4. The molecule has 1 aliphatic rings. The van der Waals surface area contributed by atoms with E-state index in [0.717, 1.165) is 18.7 Å². The van der Waals surface area contributed by atoms with Crippen LogP contribution in [0.3, 0.4) is 0 Å². The first-order valence-electron chi connectivity index (χ1n) is 9.08. The lowest BCUT2D eigenvalue weighted by Crippen LogP contribution is -2.34. The Kier molecular flexibility index (Phi) is 3.56. The summed E-state index contributed by atoms with van der Waals surface area (Å²) < 4.78 is 2.25. The highest BCUT2D eigenvalue weighted by molar-refractivity contribution is 5.82. The number of aromatic nitrogens is 3.